The quantitative estimate of drug-likeness (QED) is 0.716. The number of carbonyl (C=O) groups excluding carboxylic acids is 2. The van der Waals surface area contributed by atoms with E-state index in [4.69, 9.17) is 10.00 Å². The first-order valence-electron chi connectivity index (χ1n) is 9.24. The zero-order chi connectivity index (χ0) is 21.4. The van der Waals surface area contributed by atoms with Crippen molar-refractivity contribution in [2.24, 2.45) is 0 Å². The largest absolute Gasteiger partial charge is 0.457 e. The van der Waals surface area contributed by atoms with Crippen molar-refractivity contribution < 1.29 is 22.7 Å². The molecule has 0 aliphatic carbocycles. The van der Waals surface area contributed by atoms with E-state index >= 15 is 0 Å². The summed E-state index contributed by atoms with van der Waals surface area (Å²) in [6.45, 7) is 0.249. The van der Waals surface area contributed by atoms with Crippen LogP contribution in [0.1, 0.15) is 18.4 Å². The number of hydrogen-bond donors (Lipinski definition) is 2. The van der Waals surface area contributed by atoms with Gasteiger partial charge in [0.25, 0.3) is 5.91 Å². The van der Waals surface area contributed by atoms with E-state index in [0.29, 0.717) is 17.1 Å². The molecule has 2 saturated heterocycles. The second-order valence-electron chi connectivity index (χ2n) is 7.10. The number of ether oxygens (including phenoxy) is 1. The Hall–Kier alpha value is -3.42. The first-order chi connectivity index (χ1) is 14.3. The molecule has 154 valence electrons. The van der Waals surface area contributed by atoms with Gasteiger partial charge in [-0.15, -0.1) is 0 Å². The third-order valence-corrected chi connectivity index (χ3v) is 7.18. The van der Waals surface area contributed by atoms with E-state index in [9.17, 15) is 18.0 Å². The minimum absolute atomic E-state index is 0.116. The Labute approximate surface area is 173 Å². The highest BCUT2D eigenvalue weighted by molar-refractivity contribution is 7.89. The number of nitrogens with zero attached hydrogens (tertiary/aromatic N) is 2. The molecule has 2 aromatic carbocycles. The Balaban J connectivity index is 1.44. The van der Waals surface area contributed by atoms with Gasteiger partial charge >= 0.3 is 6.03 Å². The second-order valence-corrected chi connectivity index (χ2v) is 9.04. The highest BCUT2D eigenvalue weighted by Gasteiger charge is 2.49. The van der Waals surface area contributed by atoms with Crippen molar-refractivity contribution in [1.82, 2.24) is 14.9 Å². The number of urea groups is 1. The zero-order valence-corrected chi connectivity index (χ0v) is 16.6. The number of piperidine rings is 1. The molecule has 4 rings (SSSR count). The van der Waals surface area contributed by atoms with Gasteiger partial charge in [0.2, 0.25) is 10.0 Å². The van der Waals surface area contributed by atoms with Crippen LogP contribution in [0.25, 0.3) is 0 Å². The second kappa shape index (κ2) is 7.44. The summed E-state index contributed by atoms with van der Waals surface area (Å²) in [5.41, 5.74) is -0.510. The lowest BCUT2D eigenvalue weighted by Crippen LogP contribution is -2.55. The minimum atomic E-state index is -3.74. The van der Waals surface area contributed by atoms with E-state index in [-0.39, 0.29) is 30.8 Å². The summed E-state index contributed by atoms with van der Waals surface area (Å²) in [6.07, 6.45) is 0.424. The first kappa shape index (κ1) is 19.9. The predicted octanol–water partition coefficient (Wildman–Crippen LogP) is 1.71. The molecule has 0 saturated carbocycles. The summed E-state index contributed by atoms with van der Waals surface area (Å²) < 4.78 is 32.9. The van der Waals surface area contributed by atoms with Gasteiger partial charge in [0.05, 0.1) is 16.5 Å². The molecule has 2 heterocycles. The summed E-state index contributed by atoms with van der Waals surface area (Å²) in [5, 5.41) is 13.6. The van der Waals surface area contributed by atoms with Gasteiger partial charge in [-0.05, 0) is 61.4 Å². The van der Waals surface area contributed by atoms with Crippen molar-refractivity contribution in [2.75, 3.05) is 13.1 Å². The number of sulfonamides is 1. The molecule has 2 N–H and O–H groups in total. The van der Waals surface area contributed by atoms with Crippen LogP contribution in [0.4, 0.5) is 4.79 Å². The third kappa shape index (κ3) is 3.60. The van der Waals surface area contributed by atoms with Gasteiger partial charge in [0.15, 0.2) is 0 Å². The van der Waals surface area contributed by atoms with Gasteiger partial charge in [-0.2, -0.15) is 9.57 Å². The van der Waals surface area contributed by atoms with Crippen molar-refractivity contribution in [3.05, 3.63) is 54.1 Å². The monoisotopic (exact) mass is 426 g/mol. The first-order valence-corrected chi connectivity index (χ1v) is 10.7. The molecule has 30 heavy (non-hydrogen) atoms. The number of imide groups is 1. The van der Waals surface area contributed by atoms with Gasteiger partial charge in [-0.25, -0.2) is 13.2 Å². The van der Waals surface area contributed by atoms with Crippen LogP contribution in [0.2, 0.25) is 0 Å². The van der Waals surface area contributed by atoms with Crippen LogP contribution in [0.15, 0.2) is 53.4 Å². The van der Waals surface area contributed by atoms with Gasteiger partial charge in [-0.1, -0.05) is 0 Å². The number of benzene rings is 2. The summed E-state index contributed by atoms with van der Waals surface area (Å²) in [6, 6.07) is 14.1. The SMILES string of the molecule is N#Cc1ccc(Oc2ccc(S(=O)(=O)N3CCC4(CC3)NC(=O)NC4=O)cc2)cc1. The molecule has 9 nitrogen and oxygen atoms in total. The molecule has 3 amide bonds. The molecule has 0 radical (unpaired) electrons. The maximum Gasteiger partial charge on any atom is 0.322 e. The van der Waals surface area contributed by atoms with Crippen LogP contribution in [-0.4, -0.2) is 43.3 Å². The van der Waals surface area contributed by atoms with Crippen molar-refractivity contribution in [3.8, 4) is 17.6 Å². The standard InChI is InChI=1S/C20H18N4O5S/c21-13-14-1-3-15(4-2-14)29-16-5-7-17(8-6-16)30(27,28)24-11-9-20(10-12-24)18(25)22-19(26)23-20/h1-8H,9-12H2,(H2,22,23,25,26). The molecular weight excluding hydrogens is 408 g/mol. The zero-order valence-electron chi connectivity index (χ0n) is 15.8. The van der Waals surface area contributed by atoms with E-state index in [2.05, 4.69) is 10.6 Å². The fourth-order valence-corrected chi connectivity index (χ4v) is 4.99. The molecule has 0 bridgehead atoms. The minimum Gasteiger partial charge on any atom is -0.457 e. The normalized spacial score (nSPS) is 18.5. The molecule has 0 aromatic heterocycles. The van der Waals surface area contributed by atoms with E-state index in [1.54, 1.807) is 36.4 Å². The number of amides is 3. The maximum atomic E-state index is 12.9. The Morgan fingerprint density at radius 2 is 1.53 bits per heavy atom. The van der Waals surface area contributed by atoms with Crippen molar-refractivity contribution in [1.29, 1.82) is 5.26 Å². The van der Waals surface area contributed by atoms with Crippen LogP contribution in [0, 0.1) is 11.3 Å². The van der Waals surface area contributed by atoms with Crippen LogP contribution >= 0.6 is 0 Å². The highest BCUT2D eigenvalue weighted by Crippen LogP contribution is 2.30. The lowest BCUT2D eigenvalue weighted by atomic mass is 9.89. The van der Waals surface area contributed by atoms with Gasteiger partial charge in [0.1, 0.15) is 17.0 Å². The lowest BCUT2D eigenvalue weighted by molar-refractivity contribution is -0.125. The molecule has 0 unspecified atom stereocenters. The fraction of sp³-hybridized carbons (Fsp3) is 0.250. The number of hydrogen-bond acceptors (Lipinski definition) is 6. The number of carbonyl (C=O) groups is 2. The summed E-state index contributed by atoms with van der Waals surface area (Å²) >= 11 is 0. The van der Waals surface area contributed by atoms with Crippen LogP contribution in [0.3, 0.4) is 0 Å². The van der Waals surface area contributed by atoms with Crippen molar-refractivity contribution >= 4 is 22.0 Å². The molecule has 1 spiro atoms. The number of rotatable bonds is 4. The average molecular weight is 426 g/mol. The van der Waals surface area contributed by atoms with E-state index in [0.717, 1.165) is 0 Å². The molecule has 0 atom stereocenters. The molecule has 2 aliphatic rings. The third-order valence-electron chi connectivity index (χ3n) is 5.27. The smallest absolute Gasteiger partial charge is 0.322 e. The van der Waals surface area contributed by atoms with Crippen LogP contribution in [-0.2, 0) is 14.8 Å². The van der Waals surface area contributed by atoms with Crippen molar-refractivity contribution in [3.63, 3.8) is 0 Å². The summed E-state index contributed by atoms with van der Waals surface area (Å²) in [5.74, 6) is 0.582. The summed E-state index contributed by atoms with van der Waals surface area (Å²) in [7, 11) is -3.74. The average Bonchev–Trinajstić information content (AvgIpc) is 3.01. The molecular formula is C20H18N4O5S. The Morgan fingerprint density at radius 3 is 2.03 bits per heavy atom. The van der Waals surface area contributed by atoms with E-state index in [1.807, 2.05) is 6.07 Å². The Morgan fingerprint density at radius 1 is 0.967 bits per heavy atom. The molecule has 10 heteroatoms. The number of nitrogens with one attached hydrogen (secondary N) is 2. The summed E-state index contributed by atoms with van der Waals surface area (Å²) in [4.78, 5) is 23.6. The highest BCUT2D eigenvalue weighted by atomic mass is 32.2. The lowest BCUT2D eigenvalue weighted by Gasteiger charge is -2.36. The molecule has 2 aromatic rings. The van der Waals surface area contributed by atoms with Gasteiger partial charge in [0, 0.05) is 13.1 Å². The van der Waals surface area contributed by atoms with Crippen LogP contribution < -0.4 is 15.4 Å². The van der Waals surface area contributed by atoms with Crippen LogP contribution in [0.5, 0.6) is 11.5 Å². The van der Waals surface area contributed by atoms with E-state index in [1.165, 1.54) is 16.4 Å². The molecule has 2 aliphatic heterocycles. The van der Waals surface area contributed by atoms with Gasteiger partial charge in [-0.3, -0.25) is 10.1 Å². The maximum absolute atomic E-state index is 12.9. The Bertz CT molecular complexity index is 1130. The topological polar surface area (TPSA) is 129 Å². The van der Waals surface area contributed by atoms with E-state index < -0.39 is 27.5 Å². The molecule has 2 fully saturated rings. The van der Waals surface area contributed by atoms with Crippen molar-refractivity contribution in [2.45, 2.75) is 23.3 Å². The fourth-order valence-electron chi connectivity index (χ4n) is 3.55. The predicted molar refractivity (Wildman–Crippen MR) is 105 cm³/mol. The Kier molecular flexibility index (Phi) is 4.93. The number of nitriles is 1. The van der Waals surface area contributed by atoms with Gasteiger partial charge < -0.3 is 10.1 Å².